The number of amides is 3. The lowest BCUT2D eigenvalue weighted by Crippen LogP contribution is -2.28. The fourth-order valence-corrected chi connectivity index (χ4v) is 3.68. The molecule has 8 heteroatoms. The lowest BCUT2D eigenvalue weighted by Gasteiger charge is -2.17. The van der Waals surface area contributed by atoms with Crippen molar-refractivity contribution in [2.75, 3.05) is 29.2 Å². The third-order valence-corrected chi connectivity index (χ3v) is 5.41. The number of carbonyl (C=O) groups is 3. The summed E-state index contributed by atoms with van der Waals surface area (Å²) in [4.78, 5) is 38.8. The zero-order valence-electron chi connectivity index (χ0n) is 17.9. The summed E-state index contributed by atoms with van der Waals surface area (Å²) in [7, 11) is 1.52. The number of nitrogens with zero attached hydrogens (tertiary/aromatic N) is 1. The highest BCUT2D eigenvalue weighted by Gasteiger charge is 2.36. The first-order valence-electron chi connectivity index (χ1n) is 10.4. The average molecular weight is 447 g/mol. The molecule has 0 radical (unpaired) electrons. The summed E-state index contributed by atoms with van der Waals surface area (Å²) in [6.07, 6.45) is -0.000431. The van der Waals surface area contributed by atoms with E-state index in [1.54, 1.807) is 60.7 Å². The molecule has 0 aliphatic carbocycles. The number of hydrogen-bond donors (Lipinski definition) is 2. The zero-order chi connectivity index (χ0) is 23.4. The van der Waals surface area contributed by atoms with Crippen LogP contribution in [0.4, 0.5) is 21.5 Å². The molecule has 1 aliphatic heterocycles. The molecule has 1 heterocycles. The first-order valence-corrected chi connectivity index (χ1v) is 10.4. The Morgan fingerprint density at radius 1 is 0.970 bits per heavy atom. The third-order valence-electron chi connectivity index (χ3n) is 5.41. The van der Waals surface area contributed by atoms with Crippen molar-refractivity contribution in [3.05, 3.63) is 84.2 Å². The molecule has 3 aromatic carbocycles. The quantitative estimate of drug-likeness (QED) is 0.596. The van der Waals surface area contributed by atoms with Crippen LogP contribution in [-0.4, -0.2) is 31.4 Å². The predicted octanol–water partition coefficient (Wildman–Crippen LogP) is 4.08. The summed E-state index contributed by atoms with van der Waals surface area (Å²) in [5.74, 6) is -1.53. The van der Waals surface area contributed by atoms with Crippen LogP contribution in [0.3, 0.4) is 0 Å². The Labute approximate surface area is 190 Å². The Morgan fingerprint density at radius 3 is 2.39 bits per heavy atom. The number of methoxy groups -OCH3 is 1. The van der Waals surface area contributed by atoms with E-state index in [2.05, 4.69) is 10.6 Å². The molecule has 2 N–H and O–H groups in total. The van der Waals surface area contributed by atoms with Gasteiger partial charge in [-0.2, -0.15) is 0 Å². The Bertz CT molecular complexity index is 1200. The molecular formula is C25H22FN3O4. The number of benzene rings is 3. The van der Waals surface area contributed by atoms with Crippen LogP contribution in [0.15, 0.2) is 72.8 Å². The molecule has 1 atom stereocenters. The second-order valence-electron chi connectivity index (χ2n) is 7.58. The van der Waals surface area contributed by atoms with E-state index < -0.39 is 11.7 Å². The monoisotopic (exact) mass is 447 g/mol. The molecule has 1 saturated heterocycles. The predicted molar refractivity (Wildman–Crippen MR) is 123 cm³/mol. The summed E-state index contributed by atoms with van der Waals surface area (Å²) in [6, 6.07) is 19.5. The van der Waals surface area contributed by atoms with Crippen LogP contribution in [0.25, 0.3) is 0 Å². The molecule has 33 heavy (non-hydrogen) atoms. The first kappa shape index (κ1) is 22.0. The molecule has 0 saturated carbocycles. The van der Waals surface area contributed by atoms with Crippen LogP contribution in [0, 0.1) is 11.7 Å². The molecule has 3 aromatic rings. The topological polar surface area (TPSA) is 87.7 Å². The number of para-hydroxylation sites is 3. The van der Waals surface area contributed by atoms with Crippen molar-refractivity contribution in [2.45, 2.75) is 6.42 Å². The van der Waals surface area contributed by atoms with Gasteiger partial charge in [0.2, 0.25) is 11.8 Å². The Balaban J connectivity index is 1.38. The van der Waals surface area contributed by atoms with Crippen LogP contribution in [-0.2, 0) is 9.59 Å². The number of nitrogens with one attached hydrogen (secondary N) is 2. The third kappa shape index (κ3) is 4.85. The molecule has 0 unspecified atom stereocenters. The second-order valence-corrected chi connectivity index (χ2v) is 7.58. The summed E-state index contributed by atoms with van der Waals surface area (Å²) in [5, 5.41) is 5.55. The molecule has 0 spiro atoms. The van der Waals surface area contributed by atoms with Crippen LogP contribution in [0.5, 0.6) is 5.75 Å². The first-order chi connectivity index (χ1) is 16.0. The lowest BCUT2D eigenvalue weighted by atomic mass is 10.1. The van der Waals surface area contributed by atoms with Crippen molar-refractivity contribution in [2.24, 2.45) is 5.92 Å². The minimum Gasteiger partial charge on any atom is -0.495 e. The van der Waals surface area contributed by atoms with E-state index in [-0.39, 0.29) is 36.4 Å². The number of hydrogen-bond acceptors (Lipinski definition) is 4. The van der Waals surface area contributed by atoms with Gasteiger partial charge in [0, 0.05) is 24.2 Å². The van der Waals surface area contributed by atoms with Crippen LogP contribution >= 0.6 is 0 Å². The van der Waals surface area contributed by atoms with Crippen molar-refractivity contribution in [3.63, 3.8) is 0 Å². The number of carbonyl (C=O) groups excluding carboxylic acids is 3. The average Bonchev–Trinajstić information content (AvgIpc) is 3.21. The molecule has 0 bridgehead atoms. The Hall–Kier alpha value is -4.20. The number of ether oxygens (including phenoxy) is 1. The number of rotatable bonds is 6. The van der Waals surface area contributed by atoms with Crippen molar-refractivity contribution < 1.29 is 23.5 Å². The van der Waals surface area contributed by atoms with Gasteiger partial charge in [-0.1, -0.05) is 24.3 Å². The summed E-state index contributed by atoms with van der Waals surface area (Å²) in [5.41, 5.74) is 1.61. The fraction of sp³-hybridized carbons (Fsp3) is 0.160. The molecule has 168 valence electrons. The van der Waals surface area contributed by atoms with E-state index in [1.165, 1.54) is 24.1 Å². The van der Waals surface area contributed by atoms with Gasteiger partial charge in [0.15, 0.2) is 0 Å². The minimum absolute atomic E-state index is 0.000431. The smallest absolute Gasteiger partial charge is 0.255 e. The lowest BCUT2D eigenvalue weighted by molar-refractivity contribution is -0.122. The van der Waals surface area contributed by atoms with E-state index in [4.69, 9.17) is 4.74 Å². The van der Waals surface area contributed by atoms with Crippen molar-refractivity contribution in [3.8, 4) is 5.75 Å². The molecule has 0 aromatic heterocycles. The highest BCUT2D eigenvalue weighted by Crippen LogP contribution is 2.28. The Kier molecular flexibility index (Phi) is 6.35. The van der Waals surface area contributed by atoms with Gasteiger partial charge in [-0.05, 0) is 48.5 Å². The second kappa shape index (κ2) is 9.52. The zero-order valence-corrected chi connectivity index (χ0v) is 17.9. The van der Waals surface area contributed by atoms with Gasteiger partial charge in [-0.15, -0.1) is 0 Å². The van der Waals surface area contributed by atoms with Gasteiger partial charge < -0.3 is 20.3 Å². The van der Waals surface area contributed by atoms with E-state index in [0.717, 1.165) is 0 Å². The van der Waals surface area contributed by atoms with Crippen molar-refractivity contribution in [1.82, 2.24) is 0 Å². The van der Waals surface area contributed by atoms with Crippen LogP contribution in [0.1, 0.15) is 16.8 Å². The molecular weight excluding hydrogens is 425 g/mol. The summed E-state index contributed by atoms with van der Waals surface area (Å²) < 4.78 is 19.3. The van der Waals surface area contributed by atoms with Crippen LogP contribution in [0.2, 0.25) is 0 Å². The van der Waals surface area contributed by atoms with E-state index in [1.807, 2.05) is 0 Å². The highest BCUT2D eigenvalue weighted by molar-refractivity contribution is 6.06. The molecule has 1 fully saturated rings. The van der Waals surface area contributed by atoms with Gasteiger partial charge in [-0.3, -0.25) is 14.4 Å². The molecule has 3 amide bonds. The van der Waals surface area contributed by atoms with Crippen molar-refractivity contribution in [1.29, 1.82) is 0 Å². The highest BCUT2D eigenvalue weighted by atomic mass is 19.1. The maximum absolute atomic E-state index is 14.0. The molecule has 4 rings (SSSR count). The summed E-state index contributed by atoms with van der Waals surface area (Å²) in [6.45, 7) is 0.102. The van der Waals surface area contributed by atoms with Gasteiger partial charge in [0.25, 0.3) is 5.91 Å². The minimum atomic E-state index is -0.606. The SMILES string of the molecule is COc1ccccc1NC(=O)c1ccc(NC(=O)[C@H]2CC(=O)N(c3ccccc3F)C2)cc1. The van der Waals surface area contributed by atoms with Gasteiger partial charge in [-0.25, -0.2) is 4.39 Å². The number of anilines is 3. The van der Waals surface area contributed by atoms with Gasteiger partial charge in [0.1, 0.15) is 11.6 Å². The van der Waals surface area contributed by atoms with E-state index in [9.17, 15) is 18.8 Å². The van der Waals surface area contributed by atoms with Crippen molar-refractivity contribution >= 4 is 34.8 Å². The maximum Gasteiger partial charge on any atom is 0.255 e. The Morgan fingerprint density at radius 2 is 1.67 bits per heavy atom. The standard InChI is InChI=1S/C25H22FN3O4/c1-33-22-9-5-3-7-20(22)28-24(31)16-10-12-18(13-11-16)27-25(32)17-14-23(30)29(15-17)21-8-4-2-6-19(21)26/h2-13,17H,14-15H2,1H3,(H,27,32)(H,28,31)/t17-/m0/s1. The normalized spacial score (nSPS) is 15.3. The fourth-order valence-electron chi connectivity index (χ4n) is 3.68. The number of halogens is 1. The summed E-state index contributed by atoms with van der Waals surface area (Å²) >= 11 is 0. The van der Waals surface area contributed by atoms with Crippen LogP contribution < -0.4 is 20.3 Å². The molecule has 1 aliphatic rings. The van der Waals surface area contributed by atoms with Gasteiger partial charge in [0.05, 0.1) is 24.4 Å². The van der Waals surface area contributed by atoms with E-state index >= 15 is 0 Å². The molecule has 7 nitrogen and oxygen atoms in total. The maximum atomic E-state index is 14.0. The van der Waals surface area contributed by atoms with Gasteiger partial charge >= 0.3 is 0 Å². The largest absolute Gasteiger partial charge is 0.495 e. The van der Waals surface area contributed by atoms with E-state index in [0.29, 0.717) is 22.7 Å².